The minimum absolute atomic E-state index is 0.342. The second-order valence-electron chi connectivity index (χ2n) is 6.16. The van der Waals surface area contributed by atoms with Gasteiger partial charge in [0.05, 0.1) is 19.8 Å². The summed E-state index contributed by atoms with van der Waals surface area (Å²) >= 11 is 0. The Morgan fingerprint density at radius 2 is 1.63 bits per heavy atom. The standard InChI is InChI=1S/C21H26N2O4/c1-3-27-17-11-9-16(10-12-17)13-18(22)20(24)23-19(21(25)26-2)14-15-7-5-4-6-8-15/h4-12,18-19H,3,13-14,22H2,1-2H3,(H,23,24)/t18?,19-/m0/s1. The van der Waals surface area contributed by atoms with Gasteiger partial charge < -0.3 is 20.5 Å². The normalized spacial score (nSPS) is 12.7. The van der Waals surface area contributed by atoms with Crippen LogP contribution in [-0.4, -0.2) is 37.7 Å². The van der Waals surface area contributed by atoms with Gasteiger partial charge in [0.1, 0.15) is 11.8 Å². The van der Waals surface area contributed by atoms with Crippen LogP contribution in [0.1, 0.15) is 18.1 Å². The highest BCUT2D eigenvalue weighted by molar-refractivity contribution is 5.87. The van der Waals surface area contributed by atoms with Crippen molar-refractivity contribution in [2.75, 3.05) is 13.7 Å². The van der Waals surface area contributed by atoms with E-state index in [1.54, 1.807) is 0 Å². The Kier molecular flexibility index (Phi) is 7.82. The van der Waals surface area contributed by atoms with E-state index < -0.39 is 24.0 Å². The number of carbonyl (C=O) groups excluding carboxylic acids is 2. The van der Waals surface area contributed by atoms with Crippen molar-refractivity contribution in [3.63, 3.8) is 0 Å². The van der Waals surface area contributed by atoms with E-state index in [9.17, 15) is 9.59 Å². The van der Waals surface area contributed by atoms with Crippen molar-refractivity contribution >= 4 is 11.9 Å². The van der Waals surface area contributed by atoms with Crippen molar-refractivity contribution < 1.29 is 19.1 Å². The predicted octanol–water partition coefficient (Wildman–Crippen LogP) is 1.86. The molecule has 1 unspecified atom stereocenters. The molecule has 2 rings (SSSR count). The Balaban J connectivity index is 1.97. The van der Waals surface area contributed by atoms with Crippen LogP contribution in [0, 0.1) is 0 Å². The summed E-state index contributed by atoms with van der Waals surface area (Å²) in [5, 5.41) is 2.70. The summed E-state index contributed by atoms with van der Waals surface area (Å²) in [7, 11) is 1.30. The Morgan fingerprint density at radius 3 is 2.22 bits per heavy atom. The predicted molar refractivity (Wildman–Crippen MR) is 103 cm³/mol. The largest absolute Gasteiger partial charge is 0.494 e. The number of amides is 1. The molecule has 0 aliphatic rings. The molecule has 0 saturated heterocycles. The molecule has 27 heavy (non-hydrogen) atoms. The Morgan fingerprint density at radius 1 is 1.00 bits per heavy atom. The summed E-state index contributed by atoms with van der Waals surface area (Å²) in [6, 6.07) is 15.3. The van der Waals surface area contributed by atoms with Crippen LogP contribution in [0.25, 0.3) is 0 Å². The maximum atomic E-state index is 12.5. The van der Waals surface area contributed by atoms with Crippen molar-refractivity contribution in [1.82, 2.24) is 5.32 Å². The quantitative estimate of drug-likeness (QED) is 0.658. The molecule has 1 amide bonds. The van der Waals surface area contributed by atoms with Crippen molar-refractivity contribution in [3.8, 4) is 5.75 Å². The molecule has 2 aromatic rings. The number of nitrogens with two attached hydrogens (primary N) is 1. The highest BCUT2D eigenvalue weighted by Crippen LogP contribution is 2.13. The molecule has 0 heterocycles. The third-order valence-electron chi connectivity index (χ3n) is 4.11. The summed E-state index contributed by atoms with van der Waals surface area (Å²) in [5.41, 5.74) is 7.87. The van der Waals surface area contributed by atoms with Crippen molar-refractivity contribution in [2.24, 2.45) is 5.73 Å². The van der Waals surface area contributed by atoms with Gasteiger partial charge in [-0.3, -0.25) is 4.79 Å². The van der Waals surface area contributed by atoms with Crippen LogP contribution >= 0.6 is 0 Å². The summed E-state index contributed by atoms with van der Waals surface area (Å²) in [5.74, 6) is -0.122. The molecule has 6 nitrogen and oxygen atoms in total. The van der Waals surface area contributed by atoms with Crippen molar-refractivity contribution in [2.45, 2.75) is 31.8 Å². The second-order valence-corrected chi connectivity index (χ2v) is 6.16. The fourth-order valence-corrected chi connectivity index (χ4v) is 2.70. The van der Waals surface area contributed by atoms with Crippen LogP contribution in [-0.2, 0) is 27.2 Å². The monoisotopic (exact) mass is 370 g/mol. The van der Waals surface area contributed by atoms with E-state index in [-0.39, 0.29) is 0 Å². The number of rotatable bonds is 9. The van der Waals surface area contributed by atoms with Crippen molar-refractivity contribution in [1.29, 1.82) is 0 Å². The molecule has 2 aromatic carbocycles. The number of hydrogen-bond donors (Lipinski definition) is 2. The number of benzene rings is 2. The SMILES string of the molecule is CCOc1ccc(CC(N)C(=O)N[C@@H](Cc2ccccc2)C(=O)OC)cc1. The van der Waals surface area contributed by atoms with E-state index >= 15 is 0 Å². The van der Waals surface area contributed by atoms with Crippen LogP contribution in [0.15, 0.2) is 54.6 Å². The Hall–Kier alpha value is -2.86. The number of hydrogen-bond acceptors (Lipinski definition) is 5. The molecule has 6 heteroatoms. The second kappa shape index (κ2) is 10.3. The Bertz CT molecular complexity index is 732. The van der Waals surface area contributed by atoms with E-state index in [0.717, 1.165) is 16.9 Å². The third-order valence-corrected chi connectivity index (χ3v) is 4.11. The highest BCUT2D eigenvalue weighted by Gasteiger charge is 2.24. The van der Waals surface area contributed by atoms with Crippen LogP contribution in [0.2, 0.25) is 0 Å². The Labute approximate surface area is 159 Å². The summed E-state index contributed by atoms with van der Waals surface area (Å²) in [6.07, 6.45) is 0.701. The van der Waals surface area contributed by atoms with Gasteiger partial charge in [0.2, 0.25) is 5.91 Å². The summed E-state index contributed by atoms with van der Waals surface area (Å²) in [6.45, 7) is 2.51. The molecule has 0 bridgehead atoms. The molecule has 0 aliphatic carbocycles. The van der Waals surface area contributed by atoms with E-state index in [4.69, 9.17) is 15.2 Å². The number of carbonyl (C=O) groups is 2. The maximum Gasteiger partial charge on any atom is 0.328 e. The number of nitrogens with one attached hydrogen (secondary N) is 1. The third kappa shape index (κ3) is 6.42. The van der Waals surface area contributed by atoms with Gasteiger partial charge in [-0.05, 0) is 36.6 Å². The highest BCUT2D eigenvalue weighted by atomic mass is 16.5. The van der Waals surface area contributed by atoms with Crippen LogP contribution < -0.4 is 15.8 Å². The lowest BCUT2D eigenvalue weighted by atomic mass is 10.0. The first-order chi connectivity index (χ1) is 13.0. The fraction of sp³-hybridized carbons (Fsp3) is 0.333. The van der Waals surface area contributed by atoms with E-state index in [2.05, 4.69) is 5.32 Å². The number of methoxy groups -OCH3 is 1. The molecular weight excluding hydrogens is 344 g/mol. The maximum absolute atomic E-state index is 12.5. The van der Waals surface area contributed by atoms with Gasteiger partial charge in [-0.2, -0.15) is 0 Å². The zero-order valence-electron chi connectivity index (χ0n) is 15.7. The number of ether oxygens (including phenoxy) is 2. The first-order valence-corrected chi connectivity index (χ1v) is 8.93. The van der Waals surface area contributed by atoms with Gasteiger partial charge in [-0.15, -0.1) is 0 Å². The van der Waals surface area contributed by atoms with Crippen LogP contribution in [0.5, 0.6) is 5.75 Å². The van der Waals surface area contributed by atoms with Gasteiger partial charge in [-0.1, -0.05) is 42.5 Å². The van der Waals surface area contributed by atoms with Gasteiger partial charge >= 0.3 is 5.97 Å². The van der Waals surface area contributed by atoms with E-state index in [1.165, 1.54) is 7.11 Å². The lowest BCUT2D eigenvalue weighted by molar-refractivity contribution is -0.145. The zero-order valence-corrected chi connectivity index (χ0v) is 15.7. The molecular formula is C21H26N2O4. The molecule has 0 aliphatic heterocycles. The van der Waals surface area contributed by atoms with Crippen LogP contribution in [0.3, 0.4) is 0 Å². The minimum Gasteiger partial charge on any atom is -0.494 e. The minimum atomic E-state index is -0.781. The van der Waals surface area contributed by atoms with Gasteiger partial charge in [-0.25, -0.2) is 4.79 Å². The van der Waals surface area contributed by atoms with Gasteiger partial charge in [0, 0.05) is 6.42 Å². The molecule has 0 aromatic heterocycles. The molecule has 2 atom stereocenters. The molecule has 3 N–H and O–H groups in total. The molecule has 0 saturated carbocycles. The first kappa shape index (κ1) is 20.5. The lowest BCUT2D eigenvalue weighted by Crippen LogP contribution is -2.50. The smallest absolute Gasteiger partial charge is 0.328 e. The van der Waals surface area contributed by atoms with Gasteiger partial charge in [0.15, 0.2) is 0 Å². The number of esters is 1. The van der Waals surface area contributed by atoms with E-state index in [1.807, 2.05) is 61.5 Å². The van der Waals surface area contributed by atoms with Crippen LogP contribution in [0.4, 0.5) is 0 Å². The first-order valence-electron chi connectivity index (χ1n) is 8.93. The molecule has 0 fully saturated rings. The molecule has 0 spiro atoms. The van der Waals surface area contributed by atoms with Crippen molar-refractivity contribution in [3.05, 3.63) is 65.7 Å². The topological polar surface area (TPSA) is 90.6 Å². The zero-order chi connectivity index (χ0) is 19.6. The summed E-state index contributed by atoms with van der Waals surface area (Å²) in [4.78, 5) is 24.5. The molecule has 0 radical (unpaired) electrons. The van der Waals surface area contributed by atoms with E-state index in [0.29, 0.717) is 19.4 Å². The van der Waals surface area contributed by atoms with Gasteiger partial charge in [0.25, 0.3) is 0 Å². The average molecular weight is 370 g/mol. The fourth-order valence-electron chi connectivity index (χ4n) is 2.70. The average Bonchev–Trinajstić information content (AvgIpc) is 2.69. The summed E-state index contributed by atoms with van der Waals surface area (Å²) < 4.78 is 10.2. The lowest BCUT2D eigenvalue weighted by Gasteiger charge is -2.19. The molecule has 144 valence electrons.